The summed E-state index contributed by atoms with van der Waals surface area (Å²) in [6.45, 7) is 1.81. The van der Waals surface area contributed by atoms with E-state index in [-0.39, 0.29) is 18.1 Å². The Kier molecular flexibility index (Phi) is 5.17. The van der Waals surface area contributed by atoms with Crippen LogP contribution >= 0.6 is 0 Å². The van der Waals surface area contributed by atoms with Gasteiger partial charge in [-0.3, -0.25) is 4.79 Å². The molecule has 0 saturated carbocycles. The van der Waals surface area contributed by atoms with E-state index in [2.05, 4.69) is 10.4 Å². The predicted molar refractivity (Wildman–Crippen MR) is 95.4 cm³/mol. The van der Waals surface area contributed by atoms with Crippen molar-refractivity contribution in [1.82, 2.24) is 5.12 Å². The Morgan fingerprint density at radius 3 is 2.27 bits per heavy atom. The maximum Gasteiger partial charge on any atom is 0.334 e. The molecule has 2 aromatic carbocycles. The fraction of sp³-hybridized carbons (Fsp3) is 0.211. The van der Waals surface area contributed by atoms with Crippen LogP contribution in [-0.2, 0) is 9.53 Å². The number of nitroso groups, excluding NO2 is 1. The maximum absolute atomic E-state index is 13.0. The van der Waals surface area contributed by atoms with Gasteiger partial charge in [-0.25, -0.2) is 4.79 Å². The van der Waals surface area contributed by atoms with E-state index in [1.54, 1.807) is 61.5 Å². The lowest BCUT2D eigenvalue weighted by Crippen LogP contribution is -2.39. The molecule has 0 aromatic heterocycles. The van der Waals surface area contributed by atoms with Crippen molar-refractivity contribution in [2.75, 3.05) is 6.61 Å². The molecular weight excluding hydrogens is 334 g/mol. The van der Waals surface area contributed by atoms with Crippen molar-refractivity contribution in [2.45, 2.75) is 18.9 Å². The first-order chi connectivity index (χ1) is 12.7. The zero-order chi connectivity index (χ0) is 18.5. The lowest BCUT2D eigenvalue weighted by molar-refractivity contribution is -0.149. The zero-order valence-electron chi connectivity index (χ0n) is 14.1. The number of ketones is 1. The summed E-state index contributed by atoms with van der Waals surface area (Å²) in [4.78, 5) is 36.7. The largest absolute Gasteiger partial charge is 0.464 e. The van der Waals surface area contributed by atoms with Crippen LogP contribution in [0.3, 0.4) is 0 Å². The Labute approximate surface area is 150 Å². The number of ether oxygens (including phenoxy) is 1. The van der Waals surface area contributed by atoms with Crippen LogP contribution in [0, 0.1) is 4.91 Å². The summed E-state index contributed by atoms with van der Waals surface area (Å²) < 4.78 is 5.08. The van der Waals surface area contributed by atoms with Gasteiger partial charge in [0.15, 0.2) is 6.04 Å². The second-order valence-electron chi connectivity index (χ2n) is 5.67. The number of benzene rings is 2. The number of carbonyl (C=O) groups excluding carboxylic acids is 2. The molecule has 0 spiro atoms. The normalized spacial score (nSPS) is 19.0. The summed E-state index contributed by atoms with van der Waals surface area (Å²) in [5, 5.41) is 7.59. The van der Waals surface area contributed by atoms with E-state index in [1.807, 2.05) is 6.07 Å². The van der Waals surface area contributed by atoms with Gasteiger partial charge in [0.05, 0.1) is 17.8 Å². The van der Waals surface area contributed by atoms with Crippen LogP contribution < -0.4 is 0 Å². The highest BCUT2D eigenvalue weighted by atomic mass is 16.5. The van der Waals surface area contributed by atoms with Gasteiger partial charge in [0.2, 0.25) is 5.78 Å². The second kappa shape index (κ2) is 7.69. The van der Waals surface area contributed by atoms with Gasteiger partial charge in [-0.1, -0.05) is 60.7 Å². The summed E-state index contributed by atoms with van der Waals surface area (Å²) in [7, 11) is 0. The molecule has 3 rings (SSSR count). The average molecular weight is 351 g/mol. The molecular formula is C19H17N3O4. The molecule has 2 atom stereocenters. The van der Waals surface area contributed by atoms with Crippen LogP contribution in [0.5, 0.6) is 0 Å². The van der Waals surface area contributed by atoms with E-state index in [9.17, 15) is 14.5 Å². The number of hydrogen-bond donors (Lipinski definition) is 0. The second-order valence-corrected chi connectivity index (χ2v) is 5.67. The third-order valence-electron chi connectivity index (χ3n) is 4.11. The Hall–Kier alpha value is -3.35. The molecule has 1 aliphatic rings. The van der Waals surface area contributed by atoms with Crippen molar-refractivity contribution >= 4 is 17.5 Å². The van der Waals surface area contributed by atoms with Gasteiger partial charge in [0, 0.05) is 5.56 Å². The summed E-state index contributed by atoms with van der Waals surface area (Å²) in [5.74, 6) is -1.76. The highest BCUT2D eigenvalue weighted by Crippen LogP contribution is 2.34. The van der Waals surface area contributed by atoms with E-state index < -0.39 is 17.9 Å². The summed E-state index contributed by atoms with van der Waals surface area (Å²) >= 11 is 0. The molecule has 1 heterocycles. The lowest BCUT2D eigenvalue weighted by atomic mass is 9.85. The van der Waals surface area contributed by atoms with Crippen LogP contribution in [0.15, 0.2) is 71.1 Å². The highest BCUT2D eigenvalue weighted by molar-refractivity contribution is 6.48. The minimum absolute atomic E-state index is 0.0834. The first-order valence-electron chi connectivity index (χ1n) is 8.19. The molecule has 132 valence electrons. The summed E-state index contributed by atoms with van der Waals surface area (Å²) in [6.07, 6.45) is 0. The predicted octanol–water partition coefficient (Wildman–Crippen LogP) is 2.94. The lowest BCUT2D eigenvalue weighted by Gasteiger charge is -2.21. The average Bonchev–Trinajstić information content (AvgIpc) is 3.08. The molecule has 7 heteroatoms. The molecule has 0 N–H and O–H groups in total. The van der Waals surface area contributed by atoms with Crippen LogP contribution in [0.1, 0.15) is 28.8 Å². The highest BCUT2D eigenvalue weighted by Gasteiger charge is 2.47. The van der Waals surface area contributed by atoms with E-state index in [0.29, 0.717) is 11.1 Å². The van der Waals surface area contributed by atoms with Gasteiger partial charge < -0.3 is 4.74 Å². The minimum Gasteiger partial charge on any atom is -0.464 e. The fourth-order valence-corrected chi connectivity index (χ4v) is 2.97. The molecule has 0 radical (unpaired) electrons. The molecule has 1 aliphatic heterocycles. The van der Waals surface area contributed by atoms with E-state index >= 15 is 0 Å². The quantitative estimate of drug-likeness (QED) is 0.453. The van der Waals surface area contributed by atoms with Crippen molar-refractivity contribution in [3.8, 4) is 0 Å². The Bertz CT molecular complexity index is 836. The van der Waals surface area contributed by atoms with Crippen molar-refractivity contribution in [2.24, 2.45) is 10.4 Å². The first-order valence-corrected chi connectivity index (χ1v) is 8.19. The Morgan fingerprint density at radius 1 is 1.08 bits per heavy atom. The maximum atomic E-state index is 13.0. The minimum atomic E-state index is -1.11. The van der Waals surface area contributed by atoms with Crippen molar-refractivity contribution in [3.05, 3.63) is 76.7 Å². The smallest absolute Gasteiger partial charge is 0.334 e. The van der Waals surface area contributed by atoms with Gasteiger partial charge >= 0.3 is 5.97 Å². The van der Waals surface area contributed by atoms with Crippen LogP contribution in [0.2, 0.25) is 0 Å². The van der Waals surface area contributed by atoms with Gasteiger partial charge in [0.25, 0.3) is 0 Å². The van der Waals surface area contributed by atoms with Gasteiger partial charge in [-0.2, -0.15) is 5.10 Å². The Morgan fingerprint density at radius 2 is 1.69 bits per heavy atom. The Balaban J connectivity index is 2.07. The van der Waals surface area contributed by atoms with Gasteiger partial charge in [-0.05, 0) is 12.5 Å². The number of nitrogens with zero attached hydrogens (tertiary/aromatic N) is 3. The van der Waals surface area contributed by atoms with Crippen LogP contribution in [-0.4, -0.2) is 35.2 Å². The third kappa shape index (κ3) is 3.23. The number of hydrogen-bond acceptors (Lipinski definition) is 6. The van der Waals surface area contributed by atoms with Gasteiger partial charge in [-0.15, -0.1) is 10.0 Å². The molecule has 26 heavy (non-hydrogen) atoms. The molecule has 7 nitrogen and oxygen atoms in total. The first kappa shape index (κ1) is 17.5. The van der Waals surface area contributed by atoms with E-state index in [1.165, 1.54) is 0 Å². The van der Waals surface area contributed by atoms with E-state index in [4.69, 9.17) is 4.74 Å². The number of hydrazone groups is 1. The number of esters is 1. The summed E-state index contributed by atoms with van der Waals surface area (Å²) in [6, 6.07) is 16.4. The van der Waals surface area contributed by atoms with Crippen LogP contribution in [0.4, 0.5) is 0 Å². The third-order valence-corrected chi connectivity index (χ3v) is 4.11. The number of carbonyl (C=O) groups is 2. The van der Waals surface area contributed by atoms with Crippen molar-refractivity contribution < 1.29 is 14.3 Å². The van der Waals surface area contributed by atoms with Crippen molar-refractivity contribution in [1.29, 1.82) is 0 Å². The molecule has 2 aromatic rings. The number of rotatable bonds is 6. The molecule has 0 fully saturated rings. The monoisotopic (exact) mass is 351 g/mol. The topological polar surface area (TPSA) is 88.4 Å². The van der Waals surface area contributed by atoms with E-state index in [0.717, 1.165) is 5.12 Å². The SMILES string of the molecule is CCOC(=O)C1C(c2ccccc2)C(C(=O)c2ccccc2)=NN1N=O. The van der Waals surface area contributed by atoms with Crippen LogP contribution in [0.25, 0.3) is 0 Å². The molecule has 0 bridgehead atoms. The standard InChI is InChI=1S/C19H17N3O4/c1-2-26-19(24)17-15(13-9-5-3-6-10-13)16(20-22(17)21-25)18(23)14-11-7-4-8-12-14/h3-12,15,17H,2H2,1H3. The zero-order valence-corrected chi connectivity index (χ0v) is 14.1. The van der Waals surface area contributed by atoms with Crippen molar-refractivity contribution in [3.63, 3.8) is 0 Å². The summed E-state index contributed by atoms with van der Waals surface area (Å²) in [5.41, 5.74) is 1.18. The fourth-order valence-electron chi connectivity index (χ4n) is 2.97. The number of Topliss-reactive ketones (excluding diaryl/α,β-unsaturated/α-hetero) is 1. The van der Waals surface area contributed by atoms with Gasteiger partial charge in [0.1, 0.15) is 5.71 Å². The molecule has 0 amide bonds. The molecule has 0 aliphatic carbocycles. The molecule has 2 unspecified atom stereocenters. The molecule has 0 saturated heterocycles.